The van der Waals surface area contributed by atoms with Crippen LogP contribution in [0.5, 0.6) is 0 Å². The summed E-state index contributed by atoms with van der Waals surface area (Å²) >= 11 is 0. The number of nitrogens with zero attached hydrogens (tertiary/aromatic N) is 2. The van der Waals surface area contributed by atoms with Gasteiger partial charge in [0.1, 0.15) is 0 Å². The van der Waals surface area contributed by atoms with Crippen LogP contribution in [-0.2, 0) is 16.0 Å². The molecule has 0 bridgehead atoms. The van der Waals surface area contributed by atoms with Crippen LogP contribution in [-0.4, -0.2) is 66.8 Å². The zero-order valence-corrected chi connectivity index (χ0v) is 18.2. The molecule has 1 heterocycles. The lowest BCUT2D eigenvalue weighted by molar-refractivity contribution is -0.132. The summed E-state index contributed by atoms with van der Waals surface area (Å²) in [6.45, 7) is 6.58. The van der Waals surface area contributed by atoms with Crippen molar-refractivity contribution in [3.63, 3.8) is 0 Å². The van der Waals surface area contributed by atoms with Crippen molar-refractivity contribution in [3.05, 3.63) is 65.2 Å². The van der Waals surface area contributed by atoms with Crippen molar-refractivity contribution in [3.8, 4) is 0 Å². The minimum Gasteiger partial charge on any atom is -0.343 e. The molecule has 0 spiro atoms. The SMILES string of the molecule is CCc1ccccc1NC(=O)CN1CCN(C(=O)CNC(=O)c2cccc(C)c2)CC1. The number of hydrogen-bond donors (Lipinski definition) is 2. The topological polar surface area (TPSA) is 81.8 Å². The van der Waals surface area contributed by atoms with E-state index in [9.17, 15) is 14.4 Å². The second-order valence-corrected chi connectivity index (χ2v) is 7.77. The number of aryl methyl sites for hydroxylation is 2. The maximum absolute atomic E-state index is 12.5. The molecule has 0 saturated carbocycles. The molecule has 2 N–H and O–H groups in total. The van der Waals surface area contributed by atoms with Gasteiger partial charge in [-0.1, -0.05) is 42.8 Å². The first kappa shape index (κ1) is 22.5. The number of carbonyl (C=O) groups is 3. The first-order chi connectivity index (χ1) is 15.0. The van der Waals surface area contributed by atoms with E-state index in [4.69, 9.17) is 0 Å². The van der Waals surface area contributed by atoms with Crippen LogP contribution in [0, 0.1) is 6.92 Å². The second kappa shape index (κ2) is 10.7. The Labute approximate surface area is 183 Å². The first-order valence-corrected chi connectivity index (χ1v) is 10.7. The van der Waals surface area contributed by atoms with Gasteiger partial charge >= 0.3 is 0 Å². The summed E-state index contributed by atoms with van der Waals surface area (Å²) in [6.07, 6.45) is 0.859. The van der Waals surface area contributed by atoms with Gasteiger partial charge in [0.25, 0.3) is 5.91 Å². The Morgan fingerprint density at radius 2 is 1.71 bits per heavy atom. The van der Waals surface area contributed by atoms with Gasteiger partial charge in [0, 0.05) is 37.4 Å². The summed E-state index contributed by atoms with van der Waals surface area (Å²) in [7, 11) is 0. The molecule has 1 fully saturated rings. The van der Waals surface area contributed by atoms with Gasteiger partial charge in [0.2, 0.25) is 11.8 Å². The van der Waals surface area contributed by atoms with Gasteiger partial charge in [0.05, 0.1) is 13.1 Å². The first-order valence-electron chi connectivity index (χ1n) is 10.7. The average molecular weight is 423 g/mol. The Bertz CT molecular complexity index is 936. The normalized spacial score (nSPS) is 14.2. The fourth-order valence-corrected chi connectivity index (χ4v) is 3.65. The van der Waals surface area contributed by atoms with Crippen LogP contribution in [0.1, 0.15) is 28.4 Å². The Morgan fingerprint density at radius 1 is 0.968 bits per heavy atom. The molecule has 2 aromatic rings. The van der Waals surface area contributed by atoms with Crippen LogP contribution < -0.4 is 10.6 Å². The summed E-state index contributed by atoms with van der Waals surface area (Å²) < 4.78 is 0. The van der Waals surface area contributed by atoms with Crippen molar-refractivity contribution in [2.75, 3.05) is 44.6 Å². The number of rotatable bonds is 7. The molecule has 3 amide bonds. The number of benzene rings is 2. The maximum atomic E-state index is 12.5. The predicted molar refractivity (Wildman–Crippen MR) is 121 cm³/mol. The van der Waals surface area contributed by atoms with Gasteiger partial charge in [-0.3, -0.25) is 19.3 Å². The number of carbonyl (C=O) groups excluding carboxylic acids is 3. The Hall–Kier alpha value is -3.19. The second-order valence-electron chi connectivity index (χ2n) is 7.77. The van der Waals surface area contributed by atoms with Crippen molar-refractivity contribution in [1.82, 2.24) is 15.1 Å². The molecule has 0 unspecified atom stereocenters. The van der Waals surface area contributed by atoms with Crippen LogP contribution in [0.15, 0.2) is 48.5 Å². The summed E-state index contributed by atoms with van der Waals surface area (Å²) in [5, 5.41) is 5.68. The maximum Gasteiger partial charge on any atom is 0.251 e. The monoisotopic (exact) mass is 422 g/mol. The van der Waals surface area contributed by atoms with Gasteiger partial charge in [-0.15, -0.1) is 0 Å². The van der Waals surface area contributed by atoms with E-state index in [0.29, 0.717) is 38.3 Å². The summed E-state index contributed by atoms with van der Waals surface area (Å²) in [5.41, 5.74) is 3.51. The van der Waals surface area contributed by atoms with Gasteiger partial charge in [-0.25, -0.2) is 0 Å². The number of para-hydroxylation sites is 1. The molecule has 0 aliphatic carbocycles. The fourth-order valence-electron chi connectivity index (χ4n) is 3.65. The van der Waals surface area contributed by atoms with E-state index in [1.165, 1.54) is 0 Å². The summed E-state index contributed by atoms with van der Waals surface area (Å²) in [4.78, 5) is 40.9. The smallest absolute Gasteiger partial charge is 0.251 e. The molecule has 3 rings (SSSR count). The lowest BCUT2D eigenvalue weighted by Gasteiger charge is -2.34. The Kier molecular flexibility index (Phi) is 7.78. The van der Waals surface area contributed by atoms with E-state index in [0.717, 1.165) is 23.2 Å². The third-order valence-corrected chi connectivity index (χ3v) is 5.44. The molecule has 2 aromatic carbocycles. The van der Waals surface area contributed by atoms with Crippen molar-refractivity contribution >= 4 is 23.4 Å². The molecule has 1 aliphatic heterocycles. The summed E-state index contributed by atoms with van der Waals surface area (Å²) in [6, 6.07) is 15.1. The van der Waals surface area contributed by atoms with Gasteiger partial charge in [0.15, 0.2) is 0 Å². The van der Waals surface area contributed by atoms with E-state index in [1.54, 1.807) is 17.0 Å². The predicted octanol–water partition coefficient (Wildman–Crippen LogP) is 2.07. The highest BCUT2D eigenvalue weighted by atomic mass is 16.2. The zero-order valence-electron chi connectivity index (χ0n) is 18.2. The van der Waals surface area contributed by atoms with Gasteiger partial charge in [-0.05, 0) is 37.1 Å². The molecule has 0 aromatic heterocycles. The third kappa shape index (κ3) is 6.39. The zero-order chi connectivity index (χ0) is 22.2. The largest absolute Gasteiger partial charge is 0.343 e. The lowest BCUT2D eigenvalue weighted by atomic mass is 10.1. The summed E-state index contributed by atoms with van der Waals surface area (Å²) in [5.74, 6) is -0.409. The van der Waals surface area contributed by atoms with Crippen molar-refractivity contribution < 1.29 is 14.4 Å². The van der Waals surface area contributed by atoms with E-state index in [-0.39, 0.29) is 24.3 Å². The van der Waals surface area contributed by atoms with Crippen LogP contribution in [0.3, 0.4) is 0 Å². The number of piperazine rings is 1. The van der Waals surface area contributed by atoms with Crippen LogP contribution >= 0.6 is 0 Å². The highest BCUT2D eigenvalue weighted by Gasteiger charge is 2.23. The molecule has 7 heteroatoms. The van der Waals surface area contributed by atoms with E-state index < -0.39 is 0 Å². The molecule has 0 radical (unpaired) electrons. The molecule has 7 nitrogen and oxygen atoms in total. The minimum atomic E-state index is -0.250. The van der Waals surface area contributed by atoms with E-state index in [1.807, 2.05) is 48.2 Å². The molecule has 0 atom stereocenters. The molecular formula is C24H30N4O3. The van der Waals surface area contributed by atoms with Crippen molar-refractivity contribution in [1.29, 1.82) is 0 Å². The minimum absolute atomic E-state index is 0.0267. The highest BCUT2D eigenvalue weighted by molar-refractivity contribution is 5.96. The van der Waals surface area contributed by atoms with Crippen LogP contribution in [0.4, 0.5) is 5.69 Å². The van der Waals surface area contributed by atoms with Gasteiger partial charge < -0.3 is 15.5 Å². The molecule has 1 saturated heterocycles. The lowest BCUT2D eigenvalue weighted by Crippen LogP contribution is -2.52. The standard InChI is InChI=1S/C24H30N4O3/c1-3-19-8-4-5-10-21(19)26-22(29)17-27-11-13-28(14-12-27)23(30)16-25-24(31)20-9-6-7-18(2)15-20/h4-10,15H,3,11-14,16-17H2,1-2H3,(H,25,31)(H,26,29). The van der Waals surface area contributed by atoms with Crippen molar-refractivity contribution in [2.24, 2.45) is 0 Å². The Balaban J connectivity index is 1.41. The molecule has 164 valence electrons. The molecule has 1 aliphatic rings. The highest BCUT2D eigenvalue weighted by Crippen LogP contribution is 2.15. The van der Waals surface area contributed by atoms with Crippen LogP contribution in [0.25, 0.3) is 0 Å². The quantitative estimate of drug-likeness (QED) is 0.716. The van der Waals surface area contributed by atoms with Crippen molar-refractivity contribution in [2.45, 2.75) is 20.3 Å². The van der Waals surface area contributed by atoms with E-state index >= 15 is 0 Å². The number of anilines is 1. The Morgan fingerprint density at radius 3 is 2.42 bits per heavy atom. The number of amides is 3. The average Bonchev–Trinajstić information content (AvgIpc) is 2.78. The number of nitrogens with one attached hydrogen (secondary N) is 2. The molecular weight excluding hydrogens is 392 g/mol. The fraction of sp³-hybridized carbons (Fsp3) is 0.375. The van der Waals surface area contributed by atoms with Gasteiger partial charge in [-0.2, -0.15) is 0 Å². The van der Waals surface area contributed by atoms with E-state index in [2.05, 4.69) is 17.6 Å². The number of hydrogen-bond acceptors (Lipinski definition) is 4. The molecule has 31 heavy (non-hydrogen) atoms. The van der Waals surface area contributed by atoms with Crippen LogP contribution in [0.2, 0.25) is 0 Å². The third-order valence-electron chi connectivity index (χ3n) is 5.44.